The number of benzene rings is 7. The lowest BCUT2D eigenvalue weighted by molar-refractivity contribution is 0.669. The minimum Gasteiger partial charge on any atom is -0.455 e. The van der Waals surface area contributed by atoms with Crippen LogP contribution in [-0.4, -0.2) is 9.55 Å². The molecule has 0 atom stereocenters. The number of hydrogen-bond acceptors (Lipinski definition) is 2. The van der Waals surface area contributed by atoms with Crippen LogP contribution in [0.2, 0.25) is 0 Å². The van der Waals surface area contributed by atoms with Crippen molar-refractivity contribution in [3.63, 3.8) is 0 Å². The zero-order chi connectivity index (χ0) is 35.3. The average molecular weight is 673 g/mol. The minimum atomic E-state index is 0.267. The maximum absolute atomic E-state index is 6.81. The average Bonchev–Trinajstić information content (AvgIpc) is 3.76. The molecule has 9 aromatic rings. The third-order valence-electron chi connectivity index (χ3n) is 10.4. The number of rotatable bonds is 7. The second-order valence-corrected chi connectivity index (χ2v) is 14.4. The minimum absolute atomic E-state index is 0.267. The number of fused-ring (bicyclic) bond motifs is 4. The van der Waals surface area contributed by atoms with Crippen LogP contribution >= 0.6 is 0 Å². The smallest absolute Gasteiger partial charge is 0.149 e. The lowest BCUT2D eigenvalue weighted by Crippen LogP contribution is -2.09. The maximum Gasteiger partial charge on any atom is 0.149 e. The van der Waals surface area contributed by atoms with Gasteiger partial charge in [-0.2, -0.15) is 0 Å². The van der Waals surface area contributed by atoms with Crippen LogP contribution < -0.4 is 0 Å². The van der Waals surface area contributed by atoms with Gasteiger partial charge in [0.05, 0.1) is 22.3 Å². The van der Waals surface area contributed by atoms with E-state index in [4.69, 9.17) is 9.40 Å². The lowest BCUT2D eigenvalue weighted by Gasteiger charge is -2.24. The molecular weight excluding hydrogens is 633 g/mol. The van der Waals surface area contributed by atoms with E-state index in [2.05, 4.69) is 184 Å². The summed E-state index contributed by atoms with van der Waals surface area (Å²) in [5.41, 5.74) is 15.8. The molecule has 0 unspecified atom stereocenters. The van der Waals surface area contributed by atoms with Crippen molar-refractivity contribution in [2.24, 2.45) is 0 Å². The molecule has 0 radical (unpaired) electrons. The molecule has 2 heterocycles. The van der Waals surface area contributed by atoms with E-state index in [1.807, 2.05) is 6.07 Å². The molecule has 3 heteroatoms. The van der Waals surface area contributed by atoms with Gasteiger partial charge in [-0.25, -0.2) is 4.98 Å². The molecule has 0 N–H and O–H groups in total. The van der Waals surface area contributed by atoms with Gasteiger partial charge in [0.1, 0.15) is 17.0 Å². The highest BCUT2D eigenvalue weighted by atomic mass is 16.3. The first kappa shape index (κ1) is 31.8. The summed E-state index contributed by atoms with van der Waals surface area (Å²) < 4.78 is 9.21. The van der Waals surface area contributed by atoms with Crippen LogP contribution in [0.3, 0.4) is 0 Å². The summed E-state index contributed by atoms with van der Waals surface area (Å²) in [5.74, 6) is 1.42. The fourth-order valence-corrected chi connectivity index (χ4v) is 7.69. The largest absolute Gasteiger partial charge is 0.455 e. The van der Waals surface area contributed by atoms with Crippen LogP contribution in [-0.2, 0) is 0 Å². The van der Waals surface area contributed by atoms with Crippen LogP contribution in [0.4, 0.5) is 0 Å². The predicted molar refractivity (Wildman–Crippen MR) is 218 cm³/mol. The van der Waals surface area contributed by atoms with Gasteiger partial charge >= 0.3 is 0 Å². The fraction of sp³-hybridized carbons (Fsp3) is 0.122. The van der Waals surface area contributed by atoms with Crippen LogP contribution in [0.15, 0.2) is 162 Å². The first-order valence-corrected chi connectivity index (χ1v) is 18.3. The summed E-state index contributed by atoms with van der Waals surface area (Å²) in [6.45, 7) is 9.20. The quantitative estimate of drug-likeness (QED) is 0.169. The summed E-state index contributed by atoms with van der Waals surface area (Å²) in [6, 6.07) is 56.4. The topological polar surface area (TPSA) is 31.0 Å². The Labute approximate surface area is 304 Å². The molecule has 0 aliphatic rings. The Hall–Kier alpha value is -6.19. The van der Waals surface area contributed by atoms with Gasteiger partial charge in [0.2, 0.25) is 0 Å². The molecule has 0 spiro atoms. The van der Waals surface area contributed by atoms with Crippen LogP contribution in [0.5, 0.6) is 0 Å². The molecule has 0 aliphatic carbocycles. The third-order valence-corrected chi connectivity index (χ3v) is 10.4. The Kier molecular flexibility index (Phi) is 7.85. The molecular formula is C49H40N2O. The number of para-hydroxylation sites is 3. The molecule has 0 saturated carbocycles. The number of nitrogens with zero attached hydrogens (tertiary/aromatic N) is 2. The normalized spacial score (nSPS) is 11.8. The predicted octanol–water partition coefficient (Wildman–Crippen LogP) is 13.8. The van der Waals surface area contributed by atoms with E-state index >= 15 is 0 Å². The van der Waals surface area contributed by atoms with Crippen LogP contribution in [0.1, 0.15) is 50.7 Å². The molecule has 0 fully saturated rings. The molecule has 9 rings (SSSR count). The van der Waals surface area contributed by atoms with Crippen molar-refractivity contribution in [2.75, 3.05) is 0 Å². The molecule has 52 heavy (non-hydrogen) atoms. The summed E-state index contributed by atoms with van der Waals surface area (Å²) in [6.07, 6.45) is 0. The number of aromatic nitrogens is 2. The Morgan fingerprint density at radius 1 is 0.481 bits per heavy atom. The summed E-state index contributed by atoms with van der Waals surface area (Å²) in [4.78, 5) is 5.37. The highest BCUT2D eigenvalue weighted by Gasteiger charge is 2.25. The Balaban J connectivity index is 1.25. The fourth-order valence-electron chi connectivity index (χ4n) is 7.69. The summed E-state index contributed by atoms with van der Waals surface area (Å²) in [5, 5.41) is 2.20. The van der Waals surface area contributed by atoms with Crippen LogP contribution in [0.25, 0.3) is 83.4 Å². The van der Waals surface area contributed by atoms with E-state index < -0.39 is 0 Å². The SMILES string of the molecule is CC(C)c1cc(-c2ccc(-c3ccccc3)cc2)cc(C(C)C)c1-n1c(-c2cccc3c2oc2cc(-c4ccccc4)ccc23)nc2ccccc21. The van der Waals surface area contributed by atoms with Crippen molar-refractivity contribution in [1.82, 2.24) is 9.55 Å². The van der Waals surface area contributed by atoms with Crippen molar-refractivity contribution in [3.8, 4) is 50.5 Å². The van der Waals surface area contributed by atoms with E-state index in [0.717, 1.165) is 49.9 Å². The summed E-state index contributed by atoms with van der Waals surface area (Å²) in [7, 11) is 0. The van der Waals surface area contributed by atoms with Crippen molar-refractivity contribution < 1.29 is 4.42 Å². The monoisotopic (exact) mass is 672 g/mol. The van der Waals surface area contributed by atoms with Gasteiger partial charge in [-0.1, -0.05) is 143 Å². The second kappa shape index (κ2) is 12.9. The van der Waals surface area contributed by atoms with Crippen molar-refractivity contribution in [2.45, 2.75) is 39.5 Å². The molecule has 0 bridgehead atoms. The molecule has 3 nitrogen and oxygen atoms in total. The number of furan rings is 1. The van der Waals surface area contributed by atoms with Gasteiger partial charge in [-0.05, 0) is 98.8 Å². The van der Waals surface area contributed by atoms with E-state index in [-0.39, 0.29) is 11.8 Å². The van der Waals surface area contributed by atoms with Gasteiger partial charge in [0, 0.05) is 10.8 Å². The highest BCUT2D eigenvalue weighted by molar-refractivity contribution is 6.10. The molecule has 0 saturated heterocycles. The van der Waals surface area contributed by atoms with Crippen molar-refractivity contribution in [1.29, 1.82) is 0 Å². The first-order chi connectivity index (χ1) is 25.4. The Morgan fingerprint density at radius 2 is 1.04 bits per heavy atom. The number of imidazole rings is 1. The van der Waals surface area contributed by atoms with Crippen molar-refractivity contribution in [3.05, 3.63) is 169 Å². The van der Waals surface area contributed by atoms with Gasteiger partial charge < -0.3 is 4.42 Å². The van der Waals surface area contributed by atoms with Gasteiger partial charge in [-0.3, -0.25) is 4.57 Å². The van der Waals surface area contributed by atoms with Gasteiger partial charge in [0.15, 0.2) is 0 Å². The van der Waals surface area contributed by atoms with E-state index in [9.17, 15) is 0 Å². The standard InChI is InChI=1S/C49H40N2O/c1-31(2)42-28-38(36-24-22-35(23-25-36)33-14-7-5-8-15-33)29-43(32(3)4)47(42)51-45-21-12-11-20-44(45)50-49(51)41-19-13-18-40-39-27-26-37(30-46(39)52-48(40)41)34-16-9-6-10-17-34/h5-32H,1-4H3. The lowest BCUT2D eigenvalue weighted by atomic mass is 9.87. The molecule has 0 aliphatic heterocycles. The van der Waals surface area contributed by atoms with Gasteiger partial charge in [0.25, 0.3) is 0 Å². The Morgan fingerprint density at radius 3 is 1.69 bits per heavy atom. The highest BCUT2D eigenvalue weighted by Crippen LogP contribution is 2.43. The molecule has 0 amide bonds. The number of hydrogen-bond donors (Lipinski definition) is 0. The first-order valence-electron chi connectivity index (χ1n) is 18.3. The second-order valence-electron chi connectivity index (χ2n) is 14.4. The van der Waals surface area contributed by atoms with E-state index in [1.54, 1.807) is 0 Å². The zero-order valence-electron chi connectivity index (χ0n) is 30.0. The third kappa shape index (κ3) is 5.41. The Bertz CT molecular complexity index is 2680. The molecule has 2 aromatic heterocycles. The summed E-state index contributed by atoms with van der Waals surface area (Å²) >= 11 is 0. The van der Waals surface area contributed by atoms with Gasteiger partial charge in [-0.15, -0.1) is 0 Å². The zero-order valence-corrected chi connectivity index (χ0v) is 30.0. The molecule has 252 valence electrons. The van der Waals surface area contributed by atoms with E-state index in [1.165, 1.54) is 44.6 Å². The van der Waals surface area contributed by atoms with Crippen LogP contribution in [0, 0.1) is 0 Å². The maximum atomic E-state index is 6.81. The van der Waals surface area contributed by atoms with E-state index in [0.29, 0.717) is 0 Å². The molecule has 7 aromatic carbocycles. The van der Waals surface area contributed by atoms with Crippen molar-refractivity contribution >= 4 is 33.0 Å².